The number of anilines is 3. The van der Waals surface area contributed by atoms with Crippen LogP contribution in [0.1, 0.15) is 5.69 Å². The number of methoxy groups -OCH3 is 2. The summed E-state index contributed by atoms with van der Waals surface area (Å²) >= 11 is 0. The van der Waals surface area contributed by atoms with Gasteiger partial charge in [-0.15, -0.1) is 0 Å². The zero-order chi connectivity index (χ0) is 23.4. The standard InChI is InChI=1S/C22H21N5O5S/c1-31-16-9-15(10-17(11-16)32-2)24-21-22(26-20-6-4-3-5-19(20)25-21)27-33(29,30)18-8-7-14(13-28)23-12-18/h3-12,28H,13H2,1-2H3,(H,24,25)(H,26,27). The normalized spacial score (nSPS) is 11.2. The van der Waals surface area contributed by atoms with Gasteiger partial charge in [-0.2, -0.15) is 0 Å². The summed E-state index contributed by atoms with van der Waals surface area (Å²) in [6.07, 6.45) is 1.17. The Kier molecular flexibility index (Phi) is 6.24. The molecule has 0 radical (unpaired) electrons. The molecule has 0 aliphatic heterocycles. The number of ether oxygens (including phenoxy) is 2. The van der Waals surface area contributed by atoms with E-state index in [4.69, 9.17) is 14.6 Å². The van der Waals surface area contributed by atoms with E-state index >= 15 is 0 Å². The minimum absolute atomic E-state index is 0.00159. The molecule has 10 nitrogen and oxygen atoms in total. The summed E-state index contributed by atoms with van der Waals surface area (Å²) < 4.78 is 39.1. The molecule has 33 heavy (non-hydrogen) atoms. The quantitative estimate of drug-likeness (QED) is 0.357. The Hall–Kier alpha value is -3.96. The van der Waals surface area contributed by atoms with E-state index in [0.717, 1.165) is 0 Å². The molecule has 0 saturated carbocycles. The number of nitrogens with zero attached hydrogens (tertiary/aromatic N) is 3. The van der Waals surface area contributed by atoms with Crippen molar-refractivity contribution >= 4 is 38.4 Å². The molecule has 2 aromatic carbocycles. The van der Waals surface area contributed by atoms with Crippen LogP contribution in [0.3, 0.4) is 0 Å². The Bertz CT molecular complexity index is 1370. The van der Waals surface area contributed by atoms with E-state index in [-0.39, 0.29) is 23.1 Å². The Balaban J connectivity index is 1.76. The second kappa shape index (κ2) is 9.27. The fraction of sp³-hybridized carbons (Fsp3) is 0.136. The summed E-state index contributed by atoms with van der Waals surface area (Å²) in [7, 11) is -0.970. The van der Waals surface area contributed by atoms with Gasteiger partial charge in [0.1, 0.15) is 16.4 Å². The van der Waals surface area contributed by atoms with Gasteiger partial charge in [-0.25, -0.2) is 18.4 Å². The highest BCUT2D eigenvalue weighted by atomic mass is 32.2. The van der Waals surface area contributed by atoms with Crippen LogP contribution in [0.4, 0.5) is 17.3 Å². The second-order valence-corrected chi connectivity index (χ2v) is 8.57. The van der Waals surface area contributed by atoms with Crippen LogP contribution in [-0.4, -0.2) is 42.7 Å². The number of hydrogen-bond donors (Lipinski definition) is 3. The molecule has 0 atom stereocenters. The Morgan fingerprint density at radius 1 is 0.909 bits per heavy atom. The molecule has 0 bridgehead atoms. The third-order valence-electron chi connectivity index (χ3n) is 4.69. The molecule has 2 aromatic heterocycles. The molecule has 0 fully saturated rings. The number of para-hydroxylation sites is 2. The van der Waals surface area contributed by atoms with E-state index in [9.17, 15) is 8.42 Å². The average Bonchev–Trinajstić information content (AvgIpc) is 2.84. The number of fused-ring (bicyclic) bond motifs is 1. The van der Waals surface area contributed by atoms with Gasteiger partial charge < -0.3 is 19.9 Å². The number of nitrogens with one attached hydrogen (secondary N) is 2. The summed E-state index contributed by atoms with van der Waals surface area (Å²) in [5, 5.41) is 12.2. The summed E-state index contributed by atoms with van der Waals surface area (Å²) in [5.74, 6) is 1.28. The first-order chi connectivity index (χ1) is 15.9. The number of hydrogen-bond acceptors (Lipinski definition) is 9. The van der Waals surface area contributed by atoms with Crippen molar-refractivity contribution in [2.75, 3.05) is 24.3 Å². The maximum absolute atomic E-state index is 13.0. The number of rotatable bonds is 8. The molecule has 3 N–H and O–H groups in total. The molecule has 0 spiro atoms. The highest BCUT2D eigenvalue weighted by Crippen LogP contribution is 2.31. The van der Waals surface area contributed by atoms with Gasteiger partial charge in [-0.1, -0.05) is 12.1 Å². The monoisotopic (exact) mass is 467 g/mol. The largest absolute Gasteiger partial charge is 0.497 e. The predicted octanol–water partition coefficient (Wildman–Crippen LogP) is 3.08. The highest BCUT2D eigenvalue weighted by molar-refractivity contribution is 7.92. The molecule has 0 unspecified atom stereocenters. The lowest BCUT2D eigenvalue weighted by Gasteiger charge is -2.15. The van der Waals surface area contributed by atoms with Crippen molar-refractivity contribution in [3.05, 3.63) is 66.5 Å². The smallest absolute Gasteiger partial charge is 0.264 e. The zero-order valence-electron chi connectivity index (χ0n) is 17.8. The molecular weight excluding hydrogens is 446 g/mol. The van der Waals surface area contributed by atoms with E-state index in [1.165, 1.54) is 32.5 Å². The Morgan fingerprint density at radius 3 is 2.09 bits per heavy atom. The number of sulfonamides is 1. The summed E-state index contributed by atoms with van der Waals surface area (Å²) in [6, 6.07) is 15.0. The maximum Gasteiger partial charge on any atom is 0.264 e. The fourth-order valence-electron chi connectivity index (χ4n) is 3.02. The van der Waals surface area contributed by atoms with Gasteiger partial charge in [0, 0.05) is 30.1 Å². The summed E-state index contributed by atoms with van der Waals surface area (Å²) in [6.45, 7) is -0.290. The minimum atomic E-state index is -4.03. The van der Waals surface area contributed by atoms with Crippen LogP contribution in [0.5, 0.6) is 11.5 Å². The van der Waals surface area contributed by atoms with Crippen LogP contribution in [0.25, 0.3) is 11.0 Å². The van der Waals surface area contributed by atoms with Crippen LogP contribution in [-0.2, 0) is 16.6 Å². The molecule has 11 heteroatoms. The van der Waals surface area contributed by atoms with Gasteiger partial charge in [-0.3, -0.25) is 9.71 Å². The van der Waals surface area contributed by atoms with Crippen LogP contribution in [0.2, 0.25) is 0 Å². The van der Waals surface area contributed by atoms with E-state index in [1.807, 2.05) is 6.07 Å². The van der Waals surface area contributed by atoms with Crippen molar-refractivity contribution in [1.29, 1.82) is 0 Å². The summed E-state index contributed by atoms with van der Waals surface area (Å²) in [5.41, 5.74) is 2.00. The van der Waals surface area contributed by atoms with E-state index in [2.05, 4.69) is 25.0 Å². The van der Waals surface area contributed by atoms with Gasteiger partial charge in [0.15, 0.2) is 11.6 Å². The lowest BCUT2D eigenvalue weighted by atomic mass is 10.2. The third-order valence-corrected chi connectivity index (χ3v) is 6.01. The van der Waals surface area contributed by atoms with E-state index in [0.29, 0.717) is 33.9 Å². The first-order valence-electron chi connectivity index (χ1n) is 9.77. The van der Waals surface area contributed by atoms with Gasteiger partial charge in [-0.05, 0) is 24.3 Å². The molecule has 0 amide bonds. The number of benzene rings is 2. The van der Waals surface area contributed by atoms with Crippen LogP contribution >= 0.6 is 0 Å². The number of pyridine rings is 1. The predicted molar refractivity (Wildman–Crippen MR) is 123 cm³/mol. The minimum Gasteiger partial charge on any atom is -0.497 e. The number of aliphatic hydroxyl groups excluding tert-OH is 1. The van der Waals surface area contributed by atoms with Crippen molar-refractivity contribution in [3.63, 3.8) is 0 Å². The number of aromatic nitrogens is 3. The van der Waals surface area contributed by atoms with Gasteiger partial charge in [0.05, 0.1) is 37.6 Å². The SMILES string of the molecule is COc1cc(Nc2nc3ccccc3nc2NS(=O)(=O)c2ccc(CO)nc2)cc(OC)c1. The Morgan fingerprint density at radius 2 is 1.55 bits per heavy atom. The molecular formula is C22H21N5O5S. The van der Waals surface area contributed by atoms with Crippen LogP contribution in [0, 0.1) is 0 Å². The van der Waals surface area contributed by atoms with E-state index < -0.39 is 10.0 Å². The molecule has 4 rings (SSSR count). The lowest BCUT2D eigenvalue weighted by Crippen LogP contribution is -2.16. The van der Waals surface area contributed by atoms with E-state index in [1.54, 1.807) is 36.4 Å². The number of aliphatic hydroxyl groups is 1. The van der Waals surface area contributed by atoms with Crippen LogP contribution in [0.15, 0.2) is 65.7 Å². The Labute approximate surface area is 190 Å². The van der Waals surface area contributed by atoms with Crippen molar-refractivity contribution in [2.45, 2.75) is 11.5 Å². The first kappa shape index (κ1) is 22.2. The molecule has 0 aliphatic carbocycles. The maximum atomic E-state index is 13.0. The third kappa shape index (κ3) is 4.94. The summed E-state index contributed by atoms with van der Waals surface area (Å²) in [4.78, 5) is 12.9. The van der Waals surface area contributed by atoms with Crippen molar-refractivity contribution in [2.24, 2.45) is 0 Å². The topological polar surface area (TPSA) is 136 Å². The molecule has 170 valence electrons. The van der Waals surface area contributed by atoms with Gasteiger partial charge in [0.25, 0.3) is 10.0 Å². The molecule has 0 aliphatic rings. The highest BCUT2D eigenvalue weighted by Gasteiger charge is 2.20. The second-order valence-electron chi connectivity index (χ2n) is 6.88. The first-order valence-corrected chi connectivity index (χ1v) is 11.3. The van der Waals surface area contributed by atoms with Gasteiger partial charge in [0.2, 0.25) is 0 Å². The lowest BCUT2D eigenvalue weighted by molar-refractivity contribution is 0.276. The molecule has 0 saturated heterocycles. The van der Waals surface area contributed by atoms with Crippen molar-refractivity contribution < 1.29 is 23.0 Å². The van der Waals surface area contributed by atoms with Gasteiger partial charge >= 0.3 is 0 Å². The molecule has 4 aromatic rings. The van der Waals surface area contributed by atoms with Crippen LogP contribution < -0.4 is 19.5 Å². The molecule has 2 heterocycles. The van der Waals surface area contributed by atoms with Crippen molar-refractivity contribution in [1.82, 2.24) is 15.0 Å². The fourth-order valence-corrected chi connectivity index (χ4v) is 3.98. The zero-order valence-corrected chi connectivity index (χ0v) is 18.6. The average molecular weight is 468 g/mol. The van der Waals surface area contributed by atoms with Crippen molar-refractivity contribution in [3.8, 4) is 11.5 Å².